The number of piperazine rings is 1. The molecule has 2 aromatic rings. The average molecular weight is 244 g/mol. The number of hydrogen-bond donors (Lipinski definition) is 2. The quantitative estimate of drug-likeness (QED) is 0.846. The third kappa shape index (κ3) is 2.26. The summed E-state index contributed by atoms with van der Waals surface area (Å²) in [4.78, 5) is 10.5. The van der Waals surface area contributed by atoms with Crippen LogP contribution in [-0.2, 0) is 6.54 Å². The van der Waals surface area contributed by atoms with E-state index in [1.807, 2.05) is 12.1 Å². The van der Waals surface area contributed by atoms with Crippen LogP contribution in [0.15, 0.2) is 24.3 Å². The first-order valence-electron chi connectivity index (χ1n) is 6.63. The monoisotopic (exact) mass is 244 g/mol. The number of para-hydroxylation sites is 2. The minimum absolute atomic E-state index is 0.561. The van der Waals surface area contributed by atoms with Crippen molar-refractivity contribution in [3.05, 3.63) is 30.1 Å². The Hall–Kier alpha value is -1.39. The SMILES string of the molecule is CC1CN(Cc2nc3ccccc3[nH]2)C(C)CN1. The van der Waals surface area contributed by atoms with E-state index in [9.17, 15) is 0 Å². The van der Waals surface area contributed by atoms with Crippen LogP contribution in [0.3, 0.4) is 0 Å². The van der Waals surface area contributed by atoms with E-state index in [1.54, 1.807) is 0 Å². The van der Waals surface area contributed by atoms with Crippen molar-refractivity contribution in [2.45, 2.75) is 32.5 Å². The van der Waals surface area contributed by atoms with Crippen molar-refractivity contribution in [3.63, 3.8) is 0 Å². The molecule has 3 rings (SSSR count). The first-order valence-corrected chi connectivity index (χ1v) is 6.63. The summed E-state index contributed by atoms with van der Waals surface area (Å²) >= 11 is 0. The fraction of sp³-hybridized carbons (Fsp3) is 0.500. The van der Waals surface area contributed by atoms with Crippen LogP contribution in [0.1, 0.15) is 19.7 Å². The standard InChI is InChI=1S/C14H20N4/c1-10-8-18(11(2)7-15-10)9-14-16-12-5-3-4-6-13(12)17-14/h3-6,10-11,15H,7-9H2,1-2H3,(H,16,17). The molecule has 1 aromatic carbocycles. The molecule has 2 unspecified atom stereocenters. The van der Waals surface area contributed by atoms with Gasteiger partial charge >= 0.3 is 0 Å². The first-order chi connectivity index (χ1) is 8.72. The minimum atomic E-state index is 0.561. The molecule has 0 radical (unpaired) electrons. The lowest BCUT2D eigenvalue weighted by atomic mass is 10.1. The molecule has 1 aliphatic heterocycles. The molecule has 2 N–H and O–H groups in total. The Bertz CT molecular complexity index is 500. The van der Waals surface area contributed by atoms with Gasteiger partial charge in [-0.25, -0.2) is 4.98 Å². The van der Waals surface area contributed by atoms with Crippen molar-refractivity contribution in [1.29, 1.82) is 0 Å². The van der Waals surface area contributed by atoms with Crippen molar-refractivity contribution in [1.82, 2.24) is 20.2 Å². The highest BCUT2D eigenvalue weighted by Gasteiger charge is 2.23. The summed E-state index contributed by atoms with van der Waals surface area (Å²) in [7, 11) is 0. The molecular weight excluding hydrogens is 224 g/mol. The first kappa shape index (κ1) is 11.7. The summed E-state index contributed by atoms with van der Waals surface area (Å²) in [6.07, 6.45) is 0. The average Bonchev–Trinajstić information content (AvgIpc) is 2.76. The number of benzene rings is 1. The highest BCUT2D eigenvalue weighted by molar-refractivity contribution is 5.74. The number of nitrogens with zero attached hydrogens (tertiary/aromatic N) is 2. The summed E-state index contributed by atoms with van der Waals surface area (Å²) in [5.41, 5.74) is 2.19. The Morgan fingerprint density at radius 3 is 3.00 bits per heavy atom. The van der Waals surface area contributed by atoms with Crippen molar-refractivity contribution in [2.24, 2.45) is 0 Å². The second-order valence-corrected chi connectivity index (χ2v) is 5.29. The Kier molecular flexibility index (Phi) is 3.06. The lowest BCUT2D eigenvalue weighted by Crippen LogP contribution is -2.53. The van der Waals surface area contributed by atoms with Gasteiger partial charge in [-0.05, 0) is 26.0 Å². The Balaban J connectivity index is 1.78. The van der Waals surface area contributed by atoms with E-state index < -0.39 is 0 Å². The second-order valence-electron chi connectivity index (χ2n) is 5.29. The molecule has 96 valence electrons. The number of nitrogens with one attached hydrogen (secondary N) is 2. The fourth-order valence-electron chi connectivity index (χ4n) is 2.59. The molecule has 0 saturated carbocycles. The third-order valence-corrected chi connectivity index (χ3v) is 3.68. The van der Waals surface area contributed by atoms with Gasteiger partial charge < -0.3 is 10.3 Å². The number of hydrogen-bond acceptors (Lipinski definition) is 3. The Labute approximate surface area is 107 Å². The van der Waals surface area contributed by atoms with Gasteiger partial charge in [-0.3, -0.25) is 4.90 Å². The van der Waals surface area contributed by atoms with Crippen LogP contribution in [-0.4, -0.2) is 40.0 Å². The Morgan fingerprint density at radius 2 is 2.17 bits per heavy atom. The molecule has 4 nitrogen and oxygen atoms in total. The Morgan fingerprint density at radius 1 is 1.33 bits per heavy atom. The number of aromatic amines is 1. The van der Waals surface area contributed by atoms with E-state index in [4.69, 9.17) is 0 Å². The molecule has 0 spiro atoms. The number of H-pyrrole nitrogens is 1. The van der Waals surface area contributed by atoms with Gasteiger partial charge in [-0.15, -0.1) is 0 Å². The van der Waals surface area contributed by atoms with Crippen molar-refractivity contribution < 1.29 is 0 Å². The van der Waals surface area contributed by atoms with Crippen molar-refractivity contribution in [3.8, 4) is 0 Å². The predicted octanol–water partition coefficient (Wildman–Crippen LogP) is 1.75. The van der Waals surface area contributed by atoms with E-state index in [-0.39, 0.29) is 0 Å². The summed E-state index contributed by atoms with van der Waals surface area (Å²) in [6, 6.07) is 9.33. The van der Waals surface area contributed by atoms with Crippen LogP contribution in [0, 0.1) is 0 Å². The van der Waals surface area contributed by atoms with Crippen LogP contribution in [0.4, 0.5) is 0 Å². The van der Waals surface area contributed by atoms with Gasteiger partial charge in [0.1, 0.15) is 5.82 Å². The van der Waals surface area contributed by atoms with E-state index in [2.05, 4.69) is 46.2 Å². The maximum atomic E-state index is 4.65. The predicted molar refractivity (Wildman–Crippen MR) is 73.4 cm³/mol. The lowest BCUT2D eigenvalue weighted by molar-refractivity contribution is 0.136. The molecule has 0 aliphatic carbocycles. The molecule has 0 bridgehead atoms. The van der Waals surface area contributed by atoms with Crippen LogP contribution < -0.4 is 5.32 Å². The normalized spacial score (nSPS) is 25.7. The van der Waals surface area contributed by atoms with Gasteiger partial charge in [0, 0.05) is 25.2 Å². The summed E-state index contributed by atoms with van der Waals surface area (Å²) in [5.74, 6) is 1.07. The molecule has 2 heterocycles. The highest BCUT2D eigenvalue weighted by Crippen LogP contribution is 2.14. The largest absolute Gasteiger partial charge is 0.341 e. The molecular formula is C14H20N4. The zero-order valence-electron chi connectivity index (χ0n) is 11.0. The zero-order valence-corrected chi connectivity index (χ0v) is 11.0. The van der Waals surface area contributed by atoms with Gasteiger partial charge in [-0.2, -0.15) is 0 Å². The molecule has 18 heavy (non-hydrogen) atoms. The van der Waals surface area contributed by atoms with Gasteiger partial charge in [0.05, 0.1) is 17.6 Å². The minimum Gasteiger partial charge on any atom is -0.341 e. The van der Waals surface area contributed by atoms with Gasteiger partial charge in [0.25, 0.3) is 0 Å². The van der Waals surface area contributed by atoms with Crippen LogP contribution in [0.2, 0.25) is 0 Å². The number of fused-ring (bicyclic) bond motifs is 1. The summed E-state index contributed by atoms with van der Waals surface area (Å²) < 4.78 is 0. The van der Waals surface area contributed by atoms with Gasteiger partial charge in [0.15, 0.2) is 0 Å². The van der Waals surface area contributed by atoms with Crippen LogP contribution >= 0.6 is 0 Å². The third-order valence-electron chi connectivity index (χ3n) is 3.68. The topological polar surface area (TPSA) is 44.0 Å². The number of imidazole rings is 1. The second kappa shape index (κ2) is 4.71. The lowest BCUT2D eigenvalue weighted by Gasteiger charge is -2.36. The van der Waals surface area contributed by atoms with Crippen molar-refractivity contribution in [2.75, 3.05) is 13.1 Å². The zero-order chi connectivity index (χ0) is 12.5. The molecule has 1 fully saturated rings. The smallest absolute Gasteiger partial charge is 0.121 e. The molecule has 4 heteroatoms. The molecule has 1 saturated heterocycles. The molecule has 1 aromatic heterocycles. The number of aromatic nitrogens is 2. The molecule has 0 amide bonds. The van der Waals surface area contributed by atoms with Crippen molar-refractivity contribution >= 4 is 11.0 Å². The maximum absolute atomic E-state index is 4.65. The van der Waals surface area contributed by atoms with E-state index >= 15 is 0 Å². The number of rotatable bonds is 2. The van der Waals surface area contributed by atoms with E-state index in [0.717, 1.165) is 36.5 Å². The maximum Gasteiger partial charge on any atom is 0.121 e. The fourth-order valence-corrected chi connectivity index (χ4v) is 2.59. The van der Waals surface area contributed by atoms with Gasteiger partial charge in [0.2, 0.25) is 0 Å². The van der Waals surface area contributed by atoms with Gasteiger partial charge in [-0.1, -0.05) is 12.1 Å². The summed E-state index contributed by atoms with van der Waals surface area (Å²) in [5, 5.41) is 3.50. The summed E-state index contributed by atoms with van der Waals surface area (Å²) in [6.45, 7) is 7.54. The van der Waals surface area contributed by atoms with Crippen LogP contribution in [0.25, 0.3) is 11.0 Å². The highest BCUT2D eigenvalue weighted by atomic mass is 15.2. The van der Waals surface area contributed by atoms with E-state index in [1.165, 1.54) is 0 Å². The molecule has 1 aliphatic rings. The van der Waals surface area contributed by atoms with E-state index in [0.29, 0.717) is 12.1 Å². The van der Waals surface area contributed by atoms with Crippen LogP contribution in [0.5, 0.6) is 0 Å². The molecule has 2 atom stereocenters.